The molecule has 2 unspecified atom stereocenters. The lowest BCUT2D eigenvalue weighted by Crippen LogP contribution is -2.59. The fraction of sp³-hybridized carbons (Fsp3) is 0.389. The molecule has 1 fully saturated rings. The van der Waals surface area contributed by atoms with E-state index in [0.717, 1.165) is 33.4 Å². The summed E-state index contributed by atoms with van der Waals surface area (Å²) in [5, 5.41) is 29.1. The van der Waals surface area contributed by atoms with Gasteiger partial charge in [0.1, 0.15) is 17.4 Å². The number of nitrogens with zero attached hydrogens (tertiary/aromatic N) is 2. The van der Waals surface area contributed by atoms with Crippen LogP contribution >= 0.6 is 0 Å². The van der Waals surface area contributed by atoms with Crippen LogP contribution in [-0.2, 0) is 29.0 Å². The molecule has 1 aliphatic heterocycles. The Morgan fingerprint density at radius 3 is 2.56 bits per heavy atom. The summed E-state index contributed by atoms with van der Waals surface area (Å²) in [6.07, 6.45) is -0.350. The standard InChI is InChI=1S/C36H42N4O5/c1-37-36(44)31-23-39(22-29-19-26-12-6-8-14-33(26)45-29)15-16-40(31)21-28(41)18-27(17-24-9-3-2-4-10-24)35(43)38-34-30-13-7-5-11-25(30)20-32(34)42/h2-14,19,27-28,31-32,34,41-42H,15-18,20-23H2,1H3,(H,37,44)(H,38,43)/t27?,28?,31-,32+,34-/m0/s1. The Labute approximate surface area is 263 Å². The third-order valence-electron chi connectivity index (χ3n) is 9.18. The summed E-state index contributed by atoms with van der Waals surface area (Å²) in [5.74, 6) is 0.0291. The summed E-state index contributed by atoms with van der Waals surface area (Å²) in [6, 6.07) is 26.6. The molecule has 9 nitrogen and oxygen atoms in total. The minimum Gasteiger partial charge on any atom is -0.460 e. The minimum atomic E-state index is -0.834. The highest BCUT2D eigenvalue weighted by Gasteiger charge is 2.36. The Hall–Kier alpha value is -4.02. The number of nitrogens with one attached hydrogen (secondary N) is 2. The fourth-order valence-corrected chi connectivity index (χ4v) is 6.86. The van der Waals surface area contributed by atoms with E-state index < -0.39 is 30.2 Å². The predicted molar refractivity (Wildman–Crippen MR) is 172 cm³/mol. The van der Waals surface area contributed by atoms with Gasteiger partial charge < -0.3 is 25.3 Å². The SMILES string of the molecule is CNC(=O)[C@@H]1CN(Cc2cc3ccccc3o2)CCN1CC(O)CC(Cc1ccccc1)C(=O)N[C@H]1c2ccccc2C[C@H]1O. The predicted octanol–water partition coefficient (Wildman–Crippen LogP) is 3.05. The van der Waals surface area contributed by atoms with E-state index >= 15 is 0 Å². The molecule has 3 aromatic carbocycles. The van der Waals surface area contributed by atoms with Crippen LogP contribution in [0, 0.1) is 5.92 Å². The van der Waals surface area contributed by atoms with Crippen molar-refractivity contribution in [1.82, 2.24) is 20.4 Å². The average molecular weight is 611 g/mol. The van der Waals surface area contributed by atoms with Crippen molar-refractivity contribution >= 4 is 22.8 Å². The highest BCUT2D eigenvalue weighted by Crippen LogP contribution is 2.32. The topological polar surface area (TPSA) is 118 Å². The number of aliphatic hydroxyl groups is 2. The number of hydrogen-bond donors (Lipinski definition) is 4. The zero-order chi connectivity index (χ0) is 31.3. The highest BCUT2D eigenvalue weighted by atomic mass is 16.3. The van der Waals surface area contributed by atoms with Crippen molar-refractivity contribution in [3.05, 3.63) is 107 Å². The maximum absolute atomic E-state index is 13.8. The van der Waals surface area contributed by atoms with Gasteiger partial charge in [0.05, 0.1) is 24.8 Å². The fourth-order valence-electron chi connectivity index (χ4n) is 6.86. The van der Waals surface area contributed by atoms with Crippen molar-refractivity contribution in [3.63, 3.8) is 0 Å². The zero-order valence-corrected chi connectivity index (χ0v) is 25.6. The summed E-state index contributed by atoms with van der Waals surface area (Å²) in [6.45, 7) is 2.66. The largest absolute Gasteiger partial charge is 0.460 e. The molecule has 2 aliphatic rings. The minimum absolute atomic E-state index is 0.107. The number of piperazine rings is 1. The first-order valence-electron chi connectivity index (χ1n) is 15.8. The third kappa shape index (κ3) is 7.28. The molecule has 236 valence electrons. The Morgan fingerprint density at radius 2 is 1.76 bits per heavy atom. The van der Waals surface area contributed by atoms with Crippen LogP contribution in [0.4, 0.5) is 0 Å². The number of aliphatic hydroxyl groups excluding tert-OH is 2. The smallest absolute Gasteiger partial charge is 0.238 e. The number of carbonyl (C=O) groups excluding carboxylic acids is 2. The molecule has 0 saturated carbocycles. The number of amides is 2. The first-order valence-corrected chi connectivity index (χ1v) is 15.8. The van der Waals surface area contributed by atoms with Crippen molar-refractivity contribution < 1.29 is 24.2 Å². The van der Waals surface area contributed by atoms with E-state index in [2.05, 4.69) is 15.5 Å². The van der Waals surface area contributed by atoms with Gasteiger partial charge in [-0.15, -0.1) is 0 Å². The van der Waals surface area contributed by atoms with Crippen molar-refractivity contribution in [3.8, 4) is 0 Å². The van der Waals surface area contributed by atoms with Crippen LogP contribution in [0.5, 0.6) is 0 Å². The number of carbonyl (C=O) groups is 2. The second-order valence-corrected chi connectivity index (χ2v) is 12.3. The number of rotatable bonds is 11. The van der Waals surface area contributed by atoms with Crippen LogP contribution in [0.2, 0.25) is 0 Å². The van der Waals surface area contributed by atoms with Gasteiger partial charge in [-0.25, -0.2) is 0 Å². The summed E-state index contributed by atoms with van der Waals surface area (Å²) in [4.78, 5) is 31.0. The van der Waals surface area contributed by atoms with Crippen LogP contribution in [-0.4, -0.2) is 83.3 Å². The molecule has 9 heteroatoms. The summed E-state index contributed by atoms with van der Waals surface area (Å²) < 4.78 is 6.02. The van der Waals surface area contributed by atoms with Gasteiger partial charge in [-0.2, -0.15) is 0 Å². The molecule has 0 radical (unpaired) electrons. The maximum Gasteiger partial charge on any atom is 0.238 e. The van der Waals surface area contributed by atoms with E-state index in [1.165, 1.54) is 0 Å². The Morgan fingerprint density at radius 1 is 1.00 bits per heavy atom. The molecule has 0 spiro atoms. The van der Waals surface area contributed by atoms with Crippen molar-refractivity contribution in [2.75, 3.05) is 33.2 Å². The number of furan rings is 1. The van der Waals surface area contributed by atoms with E-state index in [9.17, 15) is 19.8 Å². The molecule has 6 rings (SSSR count). The lowest BCUT2D eigenvalue weighted by molar-refractivity contribution is -0.131. The number of fused-ring (bicyclic) bond motifs is 2. The van der Waals surface area contributed by atoms with E-state index in [0.29, 0.717) is 39.0 Å². The first-order chi connectivity index (χ1) is 21.9. The molecule has 2 heterocycles. The van der Waals surface area contributed by atoms with Crippen LogP contribution in [0.15, 0.2) is 89.3 Å². The van der Waals surface area contributed by atoms with E-state index in [4.69, 9.17) is 4.42 Å². The Kier molecular flexibility index (Phi) is 9.61. The highest BCUT2D eigenvalue weighted by molar-refractivity contribution is 5.82. The van der Waals surface area contributed by atoms with Crippen LogP contribution in [0.25, 0.3) is 11.0 Å². The summed E-state index contributed by atoms with van der Waals surface area (Å²) in [7, 11) is 1.63. The van der Waals surface area contributed by atoms with Crippen LogP contribution in [0.3, 0.4) is 0 Å². The van der Waals surface area contributed by atoms with E-state index in [-0.39, 0.29) is 24.8 Å². The monoisotopic (exact) mass is 610 g/mol. The molecule has 0 bridgehead atoms. The number of para-hydroxylation sites is 1. The normalized spacial score (nSPS) is 21.7. The number of β-amino-alcohol motifs (C(OH)–C–C–N with tert-alkyl or cyclic N) is 1. The van der Waals surface area contributed by atoms with Gasteiger partial charge in [0, 0.05) is 51.0 Å². The van der Waals surface area contributed by atoms with Gasteiger partial charge in [-0.1, -0.05) is 72.8 Å². The van der Waals surface area contributed by atoms with Gasteiger partial charge in [0.2, 0.25) is 11.8 Å². The molecule has 1 aliphatic carbocycles. The van der Waals surface area contributed by atoms with Crippen LogP contribution < -0.4 is 10.6 Å². The second kappa shape index (κ2) is 14.0. The van der Waals surface area contributed by atoms with Crippen LogP contribution in [0.1, 0.15) is 34.9 Å². The van der Waals surface area contributed by atoms with Crippen molar-refractivity contribution in [2.45, 2.75) is 50.1 Å². The summed E-state index contributed by atoms with van der Waals surface area (Å²) >= 11 is 0. The maximum atomic E-state index is 13.8. The molecule has 2 amide bonds. The molecular weight excluding hydrogens is 568 g/mol. The molecule has 5 atom stereocenters. The molecule has 1 saturated heterocycles. The Balaban J connectivity index is 1.12. The van der Waals surface area contributed by atoms with Gasteiger partial charge in [0.25, 0.3) is 0 Å². The number of hydrogen-bond acceptors (Lipinski definition) is 7. The first kappa shape index (κ1) is 31.0. The van der Waals surface area contributed by atoms with Crippen molar-refractivity contribution in [1.29, 1.82) is 0 Å². The number of likely N-dealkylation sites (N-methyl/N-ethyl adjacent to an activating group) is 1. The zero-order valence-electron chi connectivity index (χ0n) is 25.6. The number of benzene rings is 3. The van der Waals surface area contributed by atoms with Gasteiger partial charge in [-0.05, 0) is 41.7 Å². The van der Waals surface area contributed by atoms with Crippen molar-refractivity contribution in [2.24, 2.45) is 5.92 Å². The second-order valence-electron chi connectivity index (χ2n) is 12.3. The third-order valence-corrected chi connectivity index (χ3v) is 9.18. The quantitative estimate of drug-likeness (QED) is 0.206. The molecule has 45 heavy (non-hydrogen) atoms. The lowest BCUT2D eigenvalue weighted by Gasteiger charge is -2.41. The Bertz CT molecular complexity index is 1570. The van der Waals surface area contributed by atoms with E-state index in [1.807, 2.05) is 89.8 Å². The molecular formula is C36H42N4O5. The molecule has 4 aromatic rings. The van der Waals surface area contributed by atoms with Gasteiger partial charge >= 0.3 is 0 Å². The van der Waals surface area contributed by atoms with Gasteiger partial charge in [0.15, 0.2) is 0 Å². The molecule has 4 N–H and O–H groups in total. The molecule has 1 aromatic heterocycles. The average Bonchev–Trinajstić information content (AvgIpc) is 3.60. The summed E-state index contributed by atoms with van der Waals surface area (Å²) in [5.41, 5.74) is 3.82. The lowest BCUT2D eigenvalue weighted by atomic mass is 9.91. The van der Waals surface area contributed by atoms with E-state index in [1.54, 1.807) is 7.05 Å². The van der Waals surface area contributed by atoms with Gasteiger partial charge in [-0.3, -0.25) is 19.4 Å².